The number of ether oxygens (including phenoxy) is 1. The Labute approximate surface area is 101 Å². The number of rotatable bonds is 6. The maximum absolute atomic E-state index is 11.5. The Kier molecular flexibility index (Phi) is 5.49. The number of thiophene rings is 1. The summed E-state index contributed by atoms with van der Waals surface area (Å²) in [5.74, 6) is -0.154. The fourth-order valence-corrected chi connectivity index (χ4v) is 2.28. The number of carbonyl (C=O) groups excluding carboxylic acids is 1. The van der Waals surface area contributed by atoms with Crippen LogP contribution in [0.5, 0.6) is 0 Å². The van der Waals surface area contributed by atoms with E-state index in [9.17, 15) is 4.79 Å². The number of nitrogens with one attached hydrogen (secondary N) is 1. The lowest BCUT2D eigenvalue weighted by Crippen LogP contribution is -2.36. The fourth-order valence-electron chi connectivity index (χ4n) is 1.44. The van der Waals surface area contributed by atoms with Gasteiger partial charge in [-0.1, -0.05) is 6.92 Å². The van der Waals surface area contributed by atoms with Crippen molar-refractivity contribution in [2.24, 2.45) is 0 Å². The molecule has 0 aliphatic heterocycles. The zero-order valence-electron chi connectivity index (χ0n) is 10.1. The van der Waals surface area contributed by atoms with Crippen LogP contribution in [0.4, 0.5) is 0 Å². The first-order chi connectivity index (χ1) is 7.67. The molecule has 1 heterocycles. The number of carbonyl (C=O) groups is 1. The number of hydrogen-bond acceptors (Lipinski definition) is 4. The van der Waals surface area contributed by atoms with E-state index in [1.165, 1.54) is 9.75 Å². The van der Waals surface area contributed by atoms with Crippen LogP contribution in [0.15, 0.2) is 12.1 Å². The minimum atomic E-state index is -0.192. The van der Waals surface area contributed by atoms with Gasteiger partial charge in [-0.25, -0.2) is 0 Å². The van der Waals surface area contributed by atoms with E-state index in [-0.39, 0.29) is 12.0 Å². The molecule has 0 amide bonds. The smallest absolute Gasteiger partial charge is 0.323 e. The molecule has 0 radical (unpaired) electrons. The van der Waals surface area contributed by atoms with Gasteiger partial charge < -0.3 is 4.74 Å². The summed E-state index contributed by atoms with van der Waals surface area (Å²) >= 11 is 1.75. The van der Waals surface area contributed by atoms with E-state index in [1.807, 2.05) is 13.8 Å². The molecule has 1 aromatic heterocycles. The van der Waals surface area contributed by atoms with Crippen LogP contribution in [0.3, 0.4) is 0 Å². The third-order valence-corrected chi connectivity index (χ3v) is 3.30. The van der Waals surface area contributed by atoms with Crippen molar-refractivity contribution in [2.45, 2.75) is 39.8 Å². The van der Waals surface area contributed by atoms with Crippen molar-refractivity contribution in [2.75, 3.05) is 6.61 Å². The van der Waals surface area contributed by atoms with Crippen LogP contribution in [0.1, 0.15) is 30.0 Å². The maximum Gasteiger partial charge on any atom is 0.323 e. The fraction of sp³-hybridized carbons (Fsp3) is 0.583. The van der Waals surface area contributed by atoms with Gasteiger partial charge in [0.2, 0.25) is 0 Å². The van der Waals surface area contributed by atoms with Crippen LogP contribution in [-0.4, -0.2) is 18.6 Å². The van der Waals surface area contributed by atoms with E-state index < -0.39 is 0 Å². The van der Waals surface area contributed by atoms with E-state index in [0.29, 0.717) is 6.61 Å². The SMILES string of the molecule is CCOC(=O)C(CC)NCc1ccc(C)s1. The molecule has 1 unspecified atom stereocenters. The van der Waals surface area contributed by atoms with Gasteiger partial charge in [0.1, 0.15) is 6.04 Å². The largest absolute Gasteiger partial charge is 0.465 e. The van der Waals surface area contributed by atoms with Gasteiger partial charge >= 0.3 is 5.97 Å². The Morgan fingerprint density at radius 1 is 1.50 bits per heavy atom. The summed E-state index contributed by atoms with van der Waals surface area (Å²) < 4.78 is 4.99. The number of hydrogen-bond donors (Lipinski definition) is 1. The van der Waals surface area contributed by atoms with Gasteiger partial charge in [0.15, 0.2) is 0 Å². The molecule has 1 aromatic rings. The first kappa shape index (κ1) is 13.2. The molecule has 0 aliphatic carbocycles. The van der Waals surface area contributed by atoms with Gasteiger partial charge in [-0.3, -0.25) is 10.1 Å². The van der Waals surface area contributed by atoms with Crippen molar-refractivity contribution in [1.82, 2.24) is 5.32 Å². The highest BCUT2D eigenvalue weighted by atomic mass is 32.1. The van der Waals surface area contributed by atoms with Crippen molar-refractivity contribution >= 4 is 17.3 Å². The number of esters is 1. The Morgan fingerprint density at radius 3 is 2.75 bits per heavy atom. The molecule has 16 heavy (non-hydrogen) atoms. The van der Waals surface area contributed by atoms with Crippen molar-refractivity contribution in [3.63, 3.8) is 0 Å². The van der Waals surface area contributed by atoms with Gasteiger partial charge in [-0.15, -0.1) is 11.3 Å². The quantitative estimate of drug-likeness (QED) is 0.778. The highest BCUT2D eigenvalue weighted by molar-refractivity contribution is 7.11. The van der Waals surface area contributed by atoms with Gasteiger partial charge in [-0.05, 0) is 32.4 Å². The summed E-state index contributed by atoms with van der Waals surface area (Å²) in [5, 5.41) is 3.22. The minimum absolute atomic E-state index is 0.154. The molecule has 3 nitrogen and oxygen atoms in total. The maximum atomic E-state index is 11.5. The molecule has 0 aromatic carbocycles. The zero-order chi connectivity index (χ0) is 12.0. The first-order valence-corrected chi connectivity index (χ1v) is 6.44. The Hall–Kier alpha value is -0.870. The third-order valence-electron chi connectivity index (χ3n) is 2.30. The molecule has 0 saturated carbocycles. The predicted molar refractivity (Wildman–Crippen MR) is 66.6 cm³/mol. The van der Waals surface area contributed by atoms with E-state index >= 15 is 0 Å². The van der Waals surface area contributed by atoms with E-state index in [0.717, 1.165) is 13.0 Å². The molecule has 0 saturated heterocycles. The normalized spacial score (nSPS) is 12.4. The van der Waals surface area contributed by atoms with Crippen LogP contribution in [-0.2, 0) is 16.1 Å². The topological polar surface area (TPSA) is 38.3 Å². The average Bonchev–Trinajstić information content (AvgIpc) is 2.65. The van der Waals surface area contributed by atoms with Crippen LogP contribution in [0, 0.1) is 6.92 Å². The summed E-state index contributed by atoms with van der Waals surface area (Å²) in [6, 6.07) is 3.99. The molecule has 1 rings (SSSR count). The molecular formula is C12H19NO2S. The Balaban J connectivity index is 2.42. The molecule has 0 bridgehead atoms. The average molecular weight is 241 g/mol. The van der Waals surface area contributed by atoms with Gasteiger partial charge in [0.25, 0.3) is 0 Å². The summed E-state index contributed by atoms with van der Waals surface area (Å²) in [4.78, 5) is 14.1. The minimum Gasteiger partial charge on any atom is -0.465 e. The second kappa shape index (κ2) is 6.66. The second-order valence-electron chi connectivity index (χ2n) is 3.61. The summed E-state index contributed by atoms with van der Waals surface area (Å²) in [7, 11) is 0. The monoisotopic (exact) mass is 241 g/mol. The molecule has 0 fully saturated rings. The molecule has 0 spiro atoms. The summed E-state index contributed by atoms with van der Waals surface area (Å²) in [6.45, 7) is 7.06. The Morgan fingerprint density at radius 2 is 2.25 bits per heavy atom. The summed E-state index contributed by atoms with van der Waals surface area (Å²) in [5.41, 5.74) is 0. The van der Waals surface area contributed by atoms with Crippen LogP contribution in [0.2, 0.25) is 0 Å². The zero-order valence-corrected chi connectivity index (χ0v) is 10.9. The number of aryl methyl sites for hydroxylation is 1. The Bertz CT molecular complexity index is 336. The second-order valence-corrected chi connectivity index (χ2v) is 4.98. The van der Waals surface area contributed by atoms with Crippen molar-refractivity contribution in [3.8, 4) is 0 Å². The van der Waals surface area contributed by atoms with Crippen molar-refractivity contribution < 1.29 is 9.53 Å². The molecule has 4 heteroatoms. The lowest BCUT2D eigenvalue weighted by atomic mass is 10.2. The van der Waals surface area contributed by atoms with Gasteiger partial charge in [0, 0.05) is 16.3 Å². The molecule has 0 aliphatic rings. The van der Waals surface area contributed by atoms with E-state index in [1.54, 1.807) is 11.3 Å². The van der Waals surface area contributed by atoms with Crippen LogP contribution < -0.4 is 5.32 Å². The van der Waals surface area contributed by atoms with Crippen LogP contribution in [0.25, 0.3) is 0 Å². The summed E-state index contributed by atoms with van der Waals surface area (Å²) in [6.07, 6.45) is 0.753. The standard InChI is InChI=1S/C12H19NO2S/c1-4-11(12(14)15-5-2)13-8-10-7-6-9(3)16-10/h6-7,11,13H,4-5,8H2,1-3H3. The first-order valence-electron chi connectivity index (χ1n) is 5.62. The lowest BCUT2D eigenvalue weighted by molar-refractivity contribution is -0.145. The van der Waals surface area contributed by atoms with Crippen LogP contribution >= 0.6 is 11.3 Å². The molecule has 1 atom stereocenters. The molecule has 90 valence electrons. The lowest BCUT2D eigenvalue weighted by Gasteiger charge is -2.14. The third kappa shape index (κ3) is 3.94. The highest BCUT2D eigenvalue weighted by Gasteiger charge is 2.16. The van der Waals surface area contributed by atoms with Crippen molar-refractivity contribution in [3.05, 3.63) is 21.9 Å². The van der Waals surface area contributed by atoms with Gasteiger partial charge in [0.05, 0.1) is 6.61 Å². The van der Waals surface area contributed by atoms with E-state index in [4.69, 9.17) is 4.74 Å². The predicted octanol–water partition coefficient (Wildman–Crippen LogP) is 2.49. The van der Waals surface area contributed by atoms with Crippen molar-refractivity contribution in [1.29, 1.82) is 0 Å². The molecular weight excluding hydrogens is 222 g/mol. The molecule has 1 N–H and O–H groups in total. The highest BCUT2D eigenvalue weighted by Crippen LogP contribution is 2.14. The van der Waals surface area contributed by atoms with E-state index in [2.05, 4.69) is 24.4 Å². The van der Waals surface area contributed by atoms with Gasteiger partial charge in [-0.2, -0.15) is 0 Å².